The van der Waals surface area contributed by atoms with Gasteiger partial charge in [0, 0.05) is 12.6 Å². The number of piperazine rings is 1. The summed E-state index contributed by atoms with van der Waals surface area (Å²) in [6.45, 7) is 4.20. The van der Waals surface area contributed by atoms with Crippen LogP contribution in [0, 0.1) is 0 Å². The molecule has 0 aromatic rings. The molecule has 0 radical (unpaired) electrons. The third-order valence-electron chi connectivity index (χ3n) is 3.18. The van der Waals surface area contributed by atoms with Gasteiger partial charge in [-0.15, -0.1) is 0 Å². The van der Waals surface area contributed by atoms with Gasteiger partial charge in [0.15, 0.2) is 0 Å². The van der Waals surface area contributed by atoms with Gasteiger partial charge >= 0.3 is 0 Å². The summed E-state index contributed by atoms with van der Waals surface area (Å²) in [7, 11) is 0. The van der Waals surface area contributed by atoms with Gasteiger partial charge in [-0.1, -0.05) is 6.92 Å². The summed E-state index contributed by atoms with van der Waals surface area (Å²) in [5.74, 6) is -0.308. The van der Waals surface area contributed by atoms with Crippen molar-refractivity contribution in [3.63, 3.8) is 0 Å². The van der Waals surface area contributed by atoms with E-state index in [-0.39, 0.29) is 17.9 Å². The van der Waals surface area contributed by atoms with Gasteiger partial charge in [0.25, 0.3) is 0 Å². The molecular weight excluding hydrogens is 194 g/mol. The Kier molecular flexibility index (Phi) is 3.02. The molecule has 0 aromatic carbocycles. The maximum Gasteiger partial charge on any atom is 0.243 e. The number of nitrogens with one attached hydrogen (secondary N) is 2. The van der Waals surface area contributed by atoms with Gasteiger partial charge in [0.2, 0.25) is 11.8 Å². The molecular formula is C10H17N3O2. The van der Waals surface area contributed by atoms with E-state index in [0.29, 0.717) is 12.6 Å². The fourth-order valence-corrected chi connectivity index (χ4v) is 2.41. The molecule has 84 valence electrons. The third-order valence-corrected chi connectivity index (χ3v) is 3.18. The average molecular weight is 211 g/mol. The number of carbonyl (C=O) groups is 2. The van der Waals surface area contributed by atoms with Crippen LogP contribution in [0.2, 0.25) is 0 Å². The lowest BCUT2D eigenvalue weighted by Gasteiger charge is -2.37. The molecule has 15 heavy (non-hydrogen) atoms. The van der Waals surface area contributed by atoms with Gasteiger partial charge in [-0.25, -0.2) is 0 Å². The molecule has 0 saturated carbocycles. The first-order valence-electron chi connectivity index (χ1n) is 5.52. The molecule has 5 nitrogen and oxygen atoms in total. The van der Waals surface area contributed by atoms with E-state index < -0.39 is 0 Å². The van der Waals surface area contributed by atoms with Crippen molar-refractivity contribution in [3.8, 4) is 0 Å². The van der Waals surface area contributed by atoms with E-state index >= 15 is 0 Å². The highest BCUT2D eigenvalue weighted by atomic mass is 16.2. The highest BCUT2D eigenvalue weighted by molar-refractivity contribution is 6.01. The molecule has 0 aliphatic carbocycles. The van der Waals surface area contributed by atoms with Crippen LogP contribution < -0.4 is 10.6 Å². The summed E-state index contributed by atoms with van der Waals surface area (Å²) in [5.41, 5.74) is 0. The average Bonchev–Trinajstić information content (AvgIpc) is 2.69. The van der Waals surface area contributed by atoms with Gasteiger partial charge in [0.05, 0.1) is 12.6 Å². The molecule has 2 aliphatic rings. The molecule has 2 heterocycles. The minimum absolute atomic E-state index is 0.132. The van der Waals surface area contributed by atoms with E-state index in [0.717, 1.165) is 25.9 Å². The maximum absolute atomic E-state index is 11.6. The quantitative estimate of drug-likeness (QED) is 0.580. The van der Waals surface area contributed by atoms with E-state index in [4.69, 9.17) is 0 Å². The second kappa shape index (κ2) is 4.28. The van der Waals surface area contributed by atoms with Gasteiger partial charge in [-0.05, 0) is 19.4 Å². The van der Waals surface area contributed by atoms with Crippen molar-refractivity contribution in [1.82, 2.24) is 15.5 Å². The number of amides is 2. The summed E-state index contributed by atoms with van der Waals surface area (Å²) in [6, 6.07) is 0.206. The lowest BCUT2D eigenvalue weighted by molar-refractivity contribution is -0.141. The van der Waals surface area contributed by atoms with Crippen LogP contribution in [-0.4, -0.2) is 48.4 Å². The minimum Gasteiger partial charge on any atom is -0.315 e. The fourth-order valence-electron chi connectivity index (χ4n) is 2.41. The molecule has 0 bridgehead atoms. The zero-order chi connectivity index (χ0) is 10.8. The lowest BCUT2D eigenvalue weighted by Crippen LogP contribution is -2.61. The second-order valence-corrected chi connectivity index (χ2v) is 4.16. The van der Waals surface area contributed by atoms with Crippen molar-refractivity contribution < 1.29 is 9.59 Å². The summed E-state index contributed by atoms with van der Waals surface area (Å²) in [6.07, 6.45) is 1.78. The molecule has 2 N–H and O–H groups in total. The van der Waals surface area contributed by atoms with Crippen LogP contribution in [0.15, 0.2) is 0 Å². The Hall–Kier alpha value is -0.940. The lowest BCUT2D eigenvalue weighted by atomic mass is 10.1. The number of hydrogen-bond donors (Lipinski definition) is 2. The molecule has 2 aliphatic heterocycles. The summed E-state index contributed by atoms with van der Waals surface area (Å²) in [4.78, 5) is 25.0. The van der Waals surface area contributed by atoms with Crippen LogP contribution in [0.3, 0.4) is 0 Å². The van der Waals surface area contributed by atoms with Gasteiger partial charge in [-0.2, -0.15) is 0 Å². The number of imide groups is 1. The number of hydrogen-bond acceptors (Lipinski definition) is 4. The van der Waals surface area contributed by atoms with Crippen LogP contribution in [0.25, 0.3) is 0 Å². The Morgan fingerprint density at radius 2 is 2.27 bits per heavy atom. The van der Waals surface area contributed by atoms with Crippen LogP contribution in [-0.2, 0) is 9.59 Å². The molecule has 2 rings (SSSR count). The molecule has 5 heteroatoms. The van der Waals surface area contributed by atoms with Crippen LogP contribution in [0.1, 0.15) is 19.8 Å². The number of nitrogens with zero attached hydrogens (tertiary/aromatic N) is 1. The normalized spacial score (nSPS) is 33.1. The second-order valence-electron chi connectivity index (χ2n) is 4.16. The first kappa shape index (κ1) is 10.6. The highest BCUT2D eigenvalue weighted by Gasteiger charge is 2.37. The molecule has 2 unspecified atom stereocenters. The predicted octanol–water partition coefficient (Wildman–Crippen LogP) is -0.915. The zero-order valence-electron chi connectivity index (χ0n) is 8.95. The monoisotopic (exact) mass is 211 g/mol. The fraction of sp³-hybridized carbons (Fsp3) is 0.800. The topological polar surface area (TPSA) is 61.4 Å². The van der Waals surface area contributed by atoms with E-state index in [1.54, 1.807) is 0 Å². The van der Waals surface area contributed by atoms with Crippen molar-refractivity contribution in [2.24, 2.45) is 0 Å². The van der Waals surface area contributed by atoms with E-state index in [2.05, 4.69) is 10.6 Å². The number of carbonyl (C=O) groups excluding carboxylic acids is 2. The van der Waals surface area contributed by atoms with E-state index in [9.17, 15) is 9.59 Å². The van der Waals surface area contributed by atoms with Crippen molar-refractivity contribution >= 4 is 11.8 Å². The van der Waals surface area contributed by atoms with Crippen molar-refractivity contribution in [2.45, 2.75) is 31.8 Å². The molecule has 2 atom stereocenters. The van der Waals surface area contributed by atoms with Gasteiger partial charge in [-0.3, -0.25) is 19.8 Å². The Balaban J connectivity index is 2.11. The standard InChI is InChI=1S/C10H17N3O2/c1-2-8-10(15)12-9(14)6-13(8)7-3-4-11-5-7/h7-8,11H,2-6H2,1H3,(H,12,14,15). The van der Waals surface area contributed by atoms with Gasteiger partial charge < -0.3 is 5.32 Å². The highest BCUT2D eigenvalue weighted by Crippen LogP contribution is 2.17. The smallest absolute Gasteiger partial charge is 0.243 e. The van der Waals surface area contributed by atoms with Crippen LogP contribution in [0.5, 0.6) is 0 Å². The summed E-state index contributed by atoms with van der Waals surface area (Å²) in [5, 5.41) is 5.65. The Labute approximate surface area is 89.2 Å². The Morgan fingerprint density at radius 1 is 1.47 bits per heavy atom. The van der Waals surface area contributed by atoms with Gasteiger partial charge in [0.1, 0.15) is 0 Å². The Bertz CT molecular complexity index is 274. The first-order valence-corrected chi connectivity index (χ1v) is 5.52. The predicted molar refractivity (Wildman–Crippen MR) is 55.2 cm³/mol. The molecule has 2 fully saturated rings. The molecule has 2 saturated heterocycles. The zero-order valence-corrected chi connectivity index (χ0v) is 8.95. The SMILES string of the molecule is CCC1C(=O)NC(=O)CN1C1CCNC1. The summed E-state index contributed by atoms with van der Waals surface area (Å²) < 4.78 is 0. The van der Waals surface area contributed by atoms with E-state index in [1.807, 2.05) is 11.8 Å². The Morgan fingerprint density at radius 3 is 2.87 bits per heavy atom. The van der Waals surface area contributed by atoms with Crippen molar-refractivity contribution in [1.29, 1.82) is 0 Å². The van der Waals surface area contributed by atoms with Crippen LogP contribution >= 0.6 is 0 Å². The summed E-state index contributed by atoms with van der Waals surface area (Å²) >= 11 is 0. The minimum atomic E-state index is -0.170. The van der Waals surface area contributed by atoms with Crippen LogP contribution in [0.4, 0.5) is 0 Å². The molecule has 0 aromatic heterocycles. The largest absolute Gasteiger partial charge is 0.315 e. The van der Waals surface area contributed by atoms with Crippen molar-refractivity contribution in [3.05, 3.63) is 0 Å². The maximum atomic E-state index is 11.6. The molecule has 0 spiro atoms. The first-order chi connectivity index (χ1) is 7.22. The third kappa shape index (κ3) is 2.03. The van der Waals surface area contributed by atoms with Crippen molar-refractivity contribution in [2.75, 3.05) is 19.6 Å². The number of rotatable bonds is 2. The van der Waals surface area contributed by atoms with E-state index in [1.165, 1.54) is 0 Å². The molecule has 2 amide bonds.